The molecule has 88 valence electrons. The molecule has 1 rings (SSSR count). The second-order valence-corrected chi connectivity index (χ2v) is 5.74. The second kappa shape index (κ2) is 5.32. The van der Waals surface area contributed by atoms with Crippen molar-refractivity contribution in [3.63, 3.8) is 0 Å². The number of hydrogen-bond donors (Lipinski definition) is 2. The van der Waals surface area contributed by atoms with Gasteiger partial charge < -0.3 is 4.90 Å². The van der Waals surface area contributed by atoms with E-state index in [1.54, 1.807) is 0 Å². The molecule has 7 heteroatoms. The maximum atomic E-state index is 11.4. The van der Waals surface area contributed by atoms with Gasteiger partial charge in [-0.1, -0.05) is 0 Å². The molecule has 1 heterocycles. The molecule has 6 nitrogen and oxygen atoms in total. The van der Waals surface area contributed by atoms with Crippen molar-refractivity contribution in [2.45, 2.75) is 13.3 Å². The molecular formula is C8H18N4O2S. The third-order valence-corrected chi connectivity index (χ3v) is 4.01. The van der Waals surface area contributed by atoms with Gasteiger partial charge in [-0.2, -0.15) is 0 Å². The van der Waals surface area contributed by atoms with Crippen molar-refractivity contribution >= 4 is 15.8 Å². The number of hydrogen-bond acceptors (Lipinski definition) is 4. The summed E-state index contributed by atoms with van der Waals surface area (Å²) in [5.41, 5.74) is 2.51. The topological polar surface area (TPSA) is 87.8 Å². The summed E-state index contributed by atoms with van der Waals surface area (Å²) >= 11 is 0. The normalized spacial score (nSPS) is 22.3. The fourth-order valence-corrected chi connectivity index (χ4v) is 2.81. The first kappa shape index (κ1) is 12.3. The summed E-state index contributed by atoms with van der Waals surface area (Å²) in [4.78, 5) is 6.05. The predicted molar refractivity (Wildman–Crippen MR) is 60.1 cm³/mol. The number of nitrogens with one attached hydrogen (secondary N) is 1. The van der Waals surface area contributed by atoms with Gasteiger partial charge in [-0.05, 0) is 13.3 Å². The lowest BCUT2D eigenvalue weighted by atomic mass is 10.4. The van der Waals surface area contributed by atoms with Gasteiger partial charge in [-0.15, -0.1) is 0 Å². The number of nitrogens with zero attached hydrogens (tertiary/aromatic N) is 2. The monoisotopic (exact) mass is 234 g/mol. The van der Waals surface area contributed by atoms with Crippen LogP contribution in [-0.2, 0) is 9.84 Å². The number of rotatable bonds is 1. The van der Waals surface area contributed by atoms with Crippen LogP contribution >= 0.6 is 0 Å². The van der Waals surface area contributed by atoms with E-state index in [9.17, 15) is 8.42 Å². The molecule has 0 unspecified atom stereocenters. The van der Waals surface area contributed by atoms with Crippen LogP contribution in [0.5, 0.6) is 0 Å². The second-order valence-electron chi connectivity index (χ2n) is 3.43. The molecule has 1 aliphatic heterocycles. The van der Waals surface area contributed by atoms with Crippen molar-refractivity contribution < 1.29 is 8.42 Å². The van der Waals surface area contributed by atoms with Gasteiger partial charge in [-0.25, -0.2) is 14.3 Å². The standard InChI is InChI=1S/C8H18N4O2S/c1-2-10-8(11-9)12-4-3-6-15(13,14)7-5-12/h2-7,9H2,1H3,(H,10,11). The molecule has 0 aromatic carbocycles. The summed E-state index contributed by atoms with van der Waals surface area (Å²) in [6.45, 7) is 3.68. The van der Waals surface area contributed by atoms with E-state index in [-0.39, 0.29) is 11.5 Å². The Labute approximate surface area is 90.4 Å². The van der Waals surface area contributed by atoms with Gasteiger partial charge in [0, 0.05) is 19.6 Å². The summed E-state index contributed by atoms with van der Waals surface area (Å²) in [6, 6.07) is 0. The zero-order valence-electron chi connectivity index (χ0n) is 8.94. The average Bonchev–Trinajstić information content (AvgIpc) is 2.36. The third kappa shape index (κ3) is 3.67. The highest BCUT2D eigenvalue weighted by molar-refractivity contribution is 7.91. The Morgan fingerprint density at radius 2 is 2.20 bits per heavy atom. The zero-order chi connectivity index (χ0) is 11.3. The van der Waals surface area contributed by atoms with Gasteiger partial charge in [0.25, 0.3) is 0 Å². The quantitative estimate of drug-likeness (QED) is 0.261. The van der Waals surface area contributed by atoms with E-state index in [2.05, 4.69) is 10.4 Å². The average molecular weight is 234 g/mol. The Hall–Kier alpha value is -0.820. The summed E-state index contributed by atoms with van der Waals surface area (Å²) in [6.07, 6.45) is 0.632. The van der Waals surface area contributed by atoms with E-state index in [1.165, 1.54) is 0 Å². The molecule has 0 radical (unpaired) electrons. The Balaban J connectivity index is 2.68. The van der Waals surface area contributed by atoms with Crippen LogP contribution in [0.15, 0.2) is 4.99 Å². The van der Waals surface area contributed by atoms with Crippen LogP contribution in [0.2, 0.25) is 0 Å². The fraction of sp³-hybridized carbons (Fsp3) is 0.875. The van der Waals surface area contributed by atoms with Crippen molar-refractivity contribution in [3.8, 4) is 0 Å². The van der Waals surface area contributed by atoms with Crippen LogP contribution in [0.3, 0.4) is 0 Å². The van der Waals surface area contributed by atoms with E-state index in [4.69, 9.17) is 5.84 Å². The Kier molecular flexibility index (Phi) is 4.34. The number of hydrazine groups is 1. The zero-order valence-corrected chi connectivity index (χ0v) is 9.76. The van der Waals surface area contributed by atoms with E-state index < -0.39 is 9.84 Å². The molecule has 0 aliphatic carbocycles. The van der Waals surface area contributed by atoms with Crippen molar-refractivity contribution in [1.82, 2.24) is 10.3 Å². The van der Waals surface area contributed by atoms with E-state index in [1.807, 2.05) is 11.8 Å². The van der Waals surface area contributed by atoms with Crippen LogP contribution in [0.25, 0.3) is 0 Å². The van der Waals surface area contributed by atoms with Crippen LogP contribution in [0, 0.1) is 0 Å². The highest BCUT2D eigenvalue weighted by Crippen LogP contribution is 2.04. The molecule has 0 aromatic rings. The molecular weight excluding hydrogens is 216 g/mol. The minimum atomic E-state index is -2.87. The van der Waals surface area contributed by atoms with Crippen molar-refractivity contribution in [2.75, 3.05) is 31.1 Å². The number of nitrogens with two attached hydrogens (primary N) is 1. The number of sulfone groups is 1. The molecule has 3 N–H and O–H groups in total. The van der Waals surface area contributed by atoms with Gasteiger partial charge in [0.05, 0.1) is 11.5 Å². The van der Waals surface area contributed by atoms with Crippen molar-refractivity contribution in [1.29, 1.82) is 0 Å². The molecule has 0 spiro atoms. The smallest absolute Gasteiger partial charge is 0.208 e. The molecule has 0 atom stereocenters. The van der Waals surface area contributed by atoms with Crippen molar-refractivity contribution in [3.05, 3.63) is 0 Å². The molecule has 0 amide bonds. The lowest BCUT2D eigenvalue weighted by Crippen LogP contribution is -2.46. The predicted octanol–water partition coefficient (Wildman–Crippen LogP) is -1.05. The molecule has 0 saturated carbocycles. The van der Waals surface area contributed by atoms with Gasteiger partial charge in [-0.3, -0.25) is 10.4 Å². The molecule has 1 aliphatic rings. The Bertz CT molecular complexity index is 326. The Morgan fingerprint density at radius 1 is 1.47 bits per heavy atom. The maximum absolute atomic E-state index is 11.4. The summed E-state index contributed by atoms with van der Waals surface area (Å²) in [5, 5.41) is 0. The number of aliphatic imine (C=N–C) groups is 1. The largest absolute Gasteiger partial charge is 0.341 e. The molecule has 15 heavy (non-hydrogen) atoms. The van der Waals surface area contributed by atoms with Gasteiger partial charge in [0.1, 0.15) is 0 Å². The van der Waals surface area contributed by atoms with Gasteiger partial charge in [0.2, 0.25) is 5.96 Å². The third-order valence-electron chi connectivity index (χ3n) is 2.29. The highest BCUT2D eigenvalue weighted by atomic mass is 32.2. The van der Waals surface area contributed by atoms with Crippen LogP contribution in [0.4, 0.5) is 0 Å². The van der Waals surface area contributed by atoms with Crippen LogP contribution in [-0.4, -0.2) is 50.4 Å². The minimum Gasteiger partial charge on any atom is -0.341 e. The summed E-state index contributed by atoms with van der Waals surface area (Å²) in [5.74, 6) is 6.35. The lowest BCUT2D eigenvalue weighted by Gasteiger charge is -2.22. The minimum absolute atomic E-state index is 0.178. The molecule has 0 aromatic heterocycles. The fourth-order valence-electron chi connectivity index (χ4n) is 1.54. The number of guanidine groups is 1. The van der Waals surface area contributed by atoms with Crippen LogP contribution < -0.4 is 11.3 Å². The summed E-state index contributed by atoms with van der Waals surface area (Å²) < 4.78 is 22.7. The highest BCUT2D eigenvalue weighted by Gasteiger charge is 2.20. The van der Waals surface area contributed by atoms with E-state index in [0.717, 1.165) is 0 Å². The first-order valence-corrected chi connectivity index (χ1v) is 6.87. The first-order chi connectivity index (χ1) is 7.09. The van der Waals surface area contributed by atoms with Crippen molar-refractivity contribution in [2.24, 2.45) is 10.8 Å². The van der Waals surface area contributed by atoms with E-state index in [0.29, 0.717) is 32.0 Å². The summed E-state index contributed by atoms with van der Waals surface area (Å²) in [7, 11) is -2.87. The first-order valence-electron chi connectivity index (χ1n) is 5.05. The van der Waals surface area contributed by atoms with Gasteiger partial charge in [0.15, 0.2) is 9.84 Å². The molecule has 0 bridgehead atoms. The van der Waals surface area contributed by atoms with E-state index >= 15 is 0 Å². The lowest BCUT2D eigenvalue weighted by molar-refractivity contribution is 0.432. The van der Waals surface area contributed by atoms with Crippen LogP contribution in [0.1, 0.15) is 13.3 Å². The Morgan fingerprint density at radius 3 is 2.80 bits per heavy atom. The molecule has 1 fully saturated rings. The SMILES string of the molecule is CCN=C(NN)N1CCCS(=O)(=O)CC1. The molecule has 1 saturated heterocycles. The van der Waals surface area contributed by atoms with Gasteiger partial charge >= 0.3 is 0 Å². The maximum Gasteiger partial charge on any atom is 0.208 e.